The standard InChI is InChI=1S/C18H29N3O4S/c1-5-21-9-7-8-15(21)12(3)20-18(22)13-10-17(26(23,24)6-2)14(19)11-16(13)25-4/h10-12,15H,5-9,19H2,1-4H3,(H,20,22). The number of benzene rings is 1. The minimum Gasteiger partial charge on any atom is -0.496 e. The molecule has 2 atom stereocenters. The van der Waals surface area contributed by atoms with Crippen molar-refractivity contribution in [3.8, 4) is 5.75 Å². The van der Waals surface area contributed by atoms with Crippen LogP contribution >= 0.6 is 0 Å². The van der Waals surface area contributed by atoms with Crippen molar-refractivity contribution in [2.45, 2.75) is 50.6 Å². The lowest BCUT2D eigenvalue weighted by Gasteiger charge is -2.29. The third-order valence-corrected chi connectivity index (χ3v) is 6.83. The number of nitrogen functional groups attached to an aromatic ring is 1. The van der Waals surface area contributed by atoms with Gasteiger partial charge in [0.25, 0.3) is 5.91 Å². The zero-order valence-corrected chi connectivity index (χ0v) is 16.7. The van der Waals surface area contributed by atoms with Crippen molar-refractivity contribution in [1.29, 1.82) is 0 Å². The second-order valence-corrected chi connectivity index (χ2v) is 8.84. The van der Waals surface area contributed by atoms with E-state index in [-0.39, 0.29) is 45.6 Å². The predicted octanol–water partition coefficient (Wildman–Crippen LogP) is 1.67. The predicted molar refractivity (Wildman–Crippen MR) is 102 cm³/mol. The quantitative estimate of drug-likeness (QED) is 0.695. The average Bonchev–Trinajstić information content (AvgIpc) is 3.09. The maximum Gasteiger partial charge on any atom is 0.255 e. The molecule has 1 saturated heterocycles. The van der Waals surface area contributed by atoms with Crippen LogP contribution in [0.5, 0.6) is 5.75 Å². The van der Waals surface area contributed by atoms with E-state index in [1.807, 2.05) is 6.92 Å². The van der Waals surface area contributed by atoms with Gasteiger partial charge in [-0.15, -0.1) is 0 Å². The summed E-state index contributed by atoms with van der Waals surface area (Å²) in [5, 5.41) is 3.00. The fraction of sp³-hybridized carbons (Fsp3) is 0.611. The average molecular weight is 384 g/mol. The highest BCUT2D eigenvalue weighted by molar-refractivity contribution is 7.91. The SMILES string of the molecule is CCN1CCCC1C(C)NC(=O)c1cc(S(=O)(=O)CC)c(N)cc1OC. The molecule has 2 rings (SSSR count). The molecule has 26 heavy (non-hydrogen) atoms. The van der Waals surface area contributed by atoms with Crippen LogP contribution in [0.1, 0.15) is 44.0 Å². The smallest absolute Gasteiger partial charge is 0.255 e. The number of methoxy groups -OCH3 is 1. The van der Waals surface area contributed by atoms with Crippen LogP contribution in [0.25, 0.3) is 0 Å². The highest BCUT2D eigenvalue weighted by Gasteiger charge is 2.30. The number of nitrogens with one attached hydrogen (secondary N) is 1. The van der Waals surface area contributed by atoms with Gasteiger partial charge in [0, 0.05) is 18.2 Å². The fourth-order valence-corrected chi connectivity index (χ4v) is 4.56. The molecule has 146 valence electrons. The third-order valence-electron chi connectivity index (χ3n) is 5.05. The topological polar surface area (TPSA) is 102 Å². The molecule has 1 heterocycles. The number of anilines is 1. The Morgan fingerprint density at radius 3 is 2.69 bits per heavy atom. The van der Waals surface area contributed by atoms with Gasteiger partial charge in [0.05, 0.1) is 29.0 Å². The molecule has 0 aromatic heterocycles. The Hall–Kier alpha value is -1.80. The number of nitrogens with two attached hydrogens (primary N) is 1. The van der Waals surface area contributed by atoms with Crippen LogP contribution in [-0.4, -0.2) is 57.3 Å². The minimum atomic E-state index is -3.54. The number of amides is 1. The molecule has 2 unspecified atom stereocenters. The lowest BCUT2D eigenvalue weighted by molar-refractivity contribution is 0.0911. The Kier molecular flexibility index (Phi) is 6.52. The molecule has 7 nitrogen and oxygen atoms in total. The van der Waals surface area contributed by atoms with Gasteiger partial charge < -0.3 is 15.8 Å². The van der Waals surface area contributed by atoms with Crippen molar-refractivity contribution in [3.63, 3.8) is 0 Å². The first-order valence-corrected chi connectivity index (χ1v) is 10.7. The van der Waals surface area contributed by atoms with Gasteiger partial charge in [-0.2, -0.15) is 0 Å². The highest BCUT2D eigenvalue weighted by Crippen LogP contribution is 2.29. The summed E-state index contributed by atoms with van der Waals surface area (Å²) in [6, 6.07) is 2.94. The van der Waals surface area contributed by atoms with Gasteiger partial charge in [-0.05, 0) is 38.9 Å². The van der Waals surface area contributed by atoms with Crippen LogP contribution in [0.3, 0.4) is 0 Å². The number of hydrogen-bond acceptors (Lipinski definition) is 6. The number of likely N-dealkylation sites (tertiary alicyclic amines) is 1. The molecule has 8 heteroatoms. The second kappa shape index (κ2) is 8.26. The maximum atomic E-state index is 12.8. The summed E-state index contributed by atoms with van der Waals surface area (Å²) in [5.74, 6) is -0.181. The van der Waals surface area contributed by atoms with Gasteiger partial charge in [-0.1, -0.05) is 13.8 Å². The molecule has 0 radical (unpaired) electrons. The van der Waals surface area contributed by atoms with Gasteiger partial charge in [0.1, 0.15) is 5.75 Å². The molecule has 0 bridgehead atoms. The number of nitrogens with zero attached hydrogens (tertiary/aromatic N) is 1. The van der Waals surface area contributed by atoms with Crippen LogP contribution in [-0.2, 0) is 9.84 Å². The number of rotatable bonds is 7. The summed E-state index contributed by atoms with van der Waals surface area (Å²) >= 11 is 0. The lowest BCUT2D eigenvalue weighted by atomic mass is 10.1. The fourth-order valence-electron chi connectivity index (χ4n) is 3.54. The number of hydrogen-bond donors (Lipinski definition) is 2. The van der Waals surface area contributed by atoms with Gasteiger partial charge in [0.15, 0.2) is 9.84 Å². The molecule has 0 spiro atoms. The molecule has 3 N–H and O–H groups in total. The summed E-state index contributed by atoms with van der Waals surface area (Å²) in [5.41, 5.74) is 6.13. The van der Waals surface area contributed by atoms with Gasteiger partial charge in [-0.25, -0.2) is 8.42 Å². The zero-order chi connectivity index (χ0) is 19.5. The molecule has 1 aliphatic heterocycles. The van der Waals surface area contributed by atoms with E-state index in [1.54, 1.807) is 6.92 Å². The van der Waals surface area contributed by atoms with Crippen molar-refractivity contribution in [2.24, 2.45) is 0 Å². The van der Waals surface area contributed by atoms with Crippen molar-refractivity contribution >= 4 is 21.4 Å². The number of sulfone groups is 1. The molecular formula is C18H29N3O4S. The third kappa shape index (κ3) is 4.12. The first-order chi connectivity index (χ1) is 12.2. The number of carbonyl (C=O) groups excluding carboxylic acids is 1. The monoisotopic (exact) mass is 383 g/mol. The van der Waals surface area contributed by atoms with Crippen molar-refractivity contribution in [2.75, 3.05) is 31.7 Å². The molecule has 0 aliphatic carbocycles. The molecule has 1 aromatic rings. The summed E-state index contributed by atoms with van der Waals surface area (Å²) in [6.45, 7) is 7.60. The molecule has 1 aliphatic rings. The number of likely N-dealkylation sites (N-methyl/N-ethyl adjacent to an activating group) is 1. The van der Waals surface area contributed by atoms with Gasteiger partial charge in [-0.3, -0.25) is 9.69 Å². The number of ether oxygens (including phenoxy) is 1. The largest absolute Gasteiger partial charge is 0.496 e. The van der Waals surface area contributed by atoms with E-state index in [2.05, 4.69) is 17.1 Å². The Bertz CT molecular complexity index is 764. The first-order valence-electron chi connectivity index (χ1n) is 9.00. The van der Waals surface area contributed by atoms with E-state index < -0.39 is 9.84 Å². The molecule has 0 saturated carbocycles. The highest BCUT2D eigenvalue weighted by atomic mass is 32.2. The first kappa shape index (κ1) is 20.5. The van der Waals surface area contributed by atoms with Gasteiger partial charge >= 0.3 is 0 Å². The number of carbonyl (C=O) groups is 1. The normalized spacial score (nSPS) is 19.3. The second-order valence-electron chi connectivity index (χ2n) is 6.59. The van der Waals surface area contributed by atoms with E-state index in [0.29, 0.717) is 0 Å². The molecule has 1 aromatic carbocycles. The van der Waals surface area contributed by atoms with Crippen LogP contribution in [0.2, 0.25) is 0 Å². The summed E-state index contributed by atoms with van der Waals surface area (Å²) in [6.07, 6.45) is 2.15. The maximum absolute atomic E-state index is 12.8. The molecule has 1 amide bonds. The summed E-state index contributed by atoms with van der Waals surface area (Å²) < 4.78 is 29.8. The Morgan fingerprint density at radius 1 is 1.42 bits per heavy atom. The minimum absolute atomic E-state index is 0.0327. The van der Waals surface area contributed by atoms with E-state index >= 15 is 0 Å². The summed E-state index contributed by atoms with van der Waals surface area (Å²) in [7, 11) is -2.11. The lowest BCUT2D eigenvalue weighted by Crippen LogP contribution is -2.47. The van der Waals surface area contributed by atoms with Crippen LogP contribution in [0.4, 0.5) is 5.69 Å². The van der Waals surface area contributed by atoms with E-state index in [9.17, 15) is 13.2 Å². The van der Waals surface area contributed by atoms with Crippen molar-refractivity contribution in [3.05, 3.63) is 17.7 Å². The van der Waals surface area contributed by atoms with E-state index in [4.69, 9.17) is 10.5 Å². The zero-order valence-electron chi connectivity index (χ0n) is 15.9. The molecule has 1 fully saturated rings. The van der Waals surface area contributed by atoms with E-state index in [0.717, 1.165) is 25.9 Å². The van der Waals surface area contributed by atoms with Crippen LogP contribution < -0.4 is 15.8 Å². The Labute approximate surface area is 155 Å². The van der Waals surface area contributed by atoms with Crippen LogP contribution in [0, 0.1) is 0 Å². The van der Waals surface area contributed by atoms with Crippen molar-refractivity contribution < 1.29 is 17.9 Å². The Balaban J connectivity index is 2.31. The van der Waals surface area contributed by atoms with E-state index in [1.165, 1.54) is 19.2 Å². The van der Waals surface area contributed by atoms with Crippen LogP contribution in [0.15, 0.2) is 17.0 Å². The van der Waals surface area contributed by atoms with Crippen molar-refractivity contribution in [1.82, 2.24) is 10.2 Å². The Morgan fingerprint density at radius 2 is 2.12 bits per heavy atom. The molecular weight excluding hydrogens is 354 g/mol. The van der Waals surface area contributed by atoms with Gasteiger partial charge in [0.2, 0.25) is 0 Å². The summed E-state index contributed by atoms with van der Waals surface area (Å²) in [4.78, 5) is 15.1.